The third-order valence-corrected chi connectivity index (χ3v) is 3.41. The van der Waals surface area contributed by atoms with E-state index in [1.807, 2.05) is 0 Å². The average molecular weight is 343 g/mol. The van der Waals surface area contributed by atoms with Gasteiger partial charge in [-0.15, -0.1) is 0 Å². The summed E-state index contributed by atoms with van der Waals surface area (Å²) in [6.07, 6.45) is 1.68. The van der Waals surface area contributed by atoms with Gasteiger partial charge in [-0.25, -0.2) is 0 Å². The molecular formula is C12H11BrN2O3S. The minimum atomic E-state index is -0.258. The Morgan fingerprint density at radius 3 is 2.37 bits per heavy atom. The number of carbonyl (C=O) groups is 1. The Bertz CT molecular complexity index is 587. The molecule has 0 aliphatic carbocycles. The van der Waals surface area contributed by atoms with E-state index in [0.717, 1.165) is 10.0 Å². The first-order chi connectivity index (χ1) is 9.05. The SMILES string of the molecule is COc1cc(Br)c(/C=C2\NC(=S)NC2=O)cc1OC. The molecule has 1 saturated heterocycles. The van der Waals surface area contributed by atoms with Crippen molar-refractivity contribution in [3.8, 4) is 11.5 Å². The molecule has 0 bridgehead atoms. The fourth-order valence-corrected chi connectivity index (χ4v) is 2.26. The first-order valence-corrected chi connectivity index (χ1v) is 6.51. The Morgan fingerprint density at radius 2 is 1.84 bits per heavy atom. The predicted octanol–water partition coefficient (Wildman–Crippen LogP) is 1.81. The van der Waals surface area contributed by atoms with E-state index in [4.69, 9.17) is 21.7 Å². The lowest BCUT2D eigenvalue weighted by Gasteiger charge is -2.10. The zero-order chi connectivity index (χ0) is 14.0. The molecule has 0 spiro atoms. The maximum atomic E-state index is 11.6. The van der Waals surface area contributed by atoms with Crippen LogP contribution in [0.1, 0.15) is 5.56 Å². The van der Waals surface area contributed by atoms with E-state index < -0.39 is 0 Å². The van der Waals surface area contributed by atoms with Crippen molar-refractivity contribution in [2.45, 2.75) is 0 Å². The van der Waals surface area contributed by atoms with E-state index in [9.17, 15) is 4.79 Å². The number of nitrogens with one attached hydrogen (secondary N) is 2. The van der Waals surface area contributed by atoms with Crippen molar-refractivity contribution in [1.29, 1.82) is 0 Å². The number of methoxy groups -OCH3 is 2. The van der Waals surface area contributed by atoms with Crippen molar-refractivity contribution >= 4 is 45.2 Å². The Morgan fingerprint density at radius 1 is 1.21 bits per heavy atom. The van der Waals surface area contributed by atoms with Gasteiger partial charge in [0.15, 0.2) is 16.6 Å². The van der Waals surface area contributed by atoms with E-state index >= 15 is 0 Å². The molecule has 0 radical (unpaired) electrons. The summed E-state index contributed by atoms with van der Waals surface area (Å²) < 4.78 is 11.2. The van der Waals surface area contributed by atoms with Crippen LogP contribution in [0.15, 0.2) is 22.3 Å². The largest absolute Gasteiger partial charge is 0.493 e. The molecular weight excluding hydrogens is 332 g/mol. The van der Waals surface area contributed by atoms with E-state index in [1.165, 1.54) is 0 Å². The topological polar surface area (TPSA) is 59.6 Å². The number of benzene rings is 1. The predicted molar refractivity (Wildman–Crippen MR) is 79.1 cm³/mol. The number of amides is 1. The Hall–Kier alpha value is -1.60. The molecule has 1 heterocycles. The van der Waals surface area contributed by atoms with Crippen molar-refractivity contribution in [1.82, 2.24) is 10.6 Å². The quantitative estimate of drug-likeness (QED) is 0.648. The highest BCUT2D eigenvalue weighted by atomic mass is 79.9. The molecule has 1 aromatic carbocycles. The molecule has 1 aliphatic rings. The Kier molecular flexibility index (Phi) is 4.06. The fourth-order valence-electron chi connectivity index (χ4n) is 1.62. The monoisotopic (exact) mass is 342 g/mol. The van der Waals surface area contributed by atoms with Crippen LogP contribution in [0.5, 0.6) is 11.5 Å². The highest BCUT2D eigenvalue weighted by Crippen LogP contribution is 2.34. The lowest BCUT2D eigenvalue weighted by molar-refractivity contribution is -0.115. The summed E-state index contributed by atoms with van der Waals surface area (Å²) in [6, 6.07) is 3.54. The number of halogens is 1. The standard InChI is InChI=1S/C12H11BrN2O3S/c1-17-9-4-6(7(13)5-10(9)18-2)3-8-11(16)15-12(19)14-8/h3-5H,1-2H3,(H2,14,15,16,19)/b8-3-. The fraction of sp³-hybridized carbons (Fsp3) is 0.167. The van der Waals surface area contributed by atoms with E-state index in [-0.39, 0.29) is 5.91 Å². The van der Waals surface area contributed by atoms with Crippen LogP contribution in [0.25, 0.3) is 6.08 Å². The van der Waals surface area contributed by atoms with Crippen molar-refractivity contribution < 1.29 is 14.3 Å². The van der Waals surface area contributed by atoms with Gasteiger partial charge in [-0.05, 0) is 36.0 Å². The first-order valence-electron chi connectivity index (χ1n) is 5.30. The summed E-state index contributed by atoms with van der Waals surface area (Å²) in [6.45, 7) is 0. The Balaban J connectivity index is 2.43. The number of thiocarbonyl (C=S) groups is 1. The third kappa shape index (κ3) is 2.87. The summed E-state index contributed by atoms with van der Waals surface area (Å²) in [5.74, 6) is 0.932. The lowest BCUT2D eigenvalue weighted by Crippen LogP contribution is -2.21. The average Bonchev–Trinajstić information content (AvgIpc) is 2.69. The molecule has 19 heavy (non-hydrogen) atoms. The molecule has 1 aliphatic heterocycles. The molecule has 1 aromatic rings. The third-order valence-electron chi connectivity index (χ3n) is 2.52. The van der Waals surface area contributed by atoms with Crippen molar-refractivity contribution in [2.75, 3.05) is 14.2 Å². The molecule has 0 aromatic heterocycles. The summed E-state index contributed by atoms with van der Waals surface area (Å²) in [5, 5.41) is 5.58. The van der Waals surface area contributed by atoms with Gasteiger partial charge in [0.1, 0.15) is 5.70 Å². The number of hydrogen-bond acceptors (Lipinski definition) is 4. The van der Waals surface area contributed by atoms with Crippen molar-refractivity contribution in [2.24, 2.45) is 0 Å². The van der Waals surface area contributed by atoms with Crippen LogP contribution in [0.4, 0.5) is 0 Å². The molecule has 0 unspecified atom stereocenters. The van der Waals surface area contributed by atoms with Gasteiger partial charge in [0.2, 0.25) is 0 Å². The number of ether oxygens (including phenoxy) is 2. The minimum Gasteiger partial charge on any atom is -0.493 e. The second-order valence-electron chi connectivity index (χ2n) is 3.69. The van der Waals surface area contributed by atoms with Gasteiger partial charge in [-0.1, -0.05) is 15.9 Å². The maximum absolute atomic E-state index is 11.6. The van der Waals surface area contributed by atoms with Crippen LogP contribution in [0.3, 0.4) is 0 Å². The van der Waals surface area contributed by atoms with E-state index in [0.29, 0.717) is 22.3 Å². The van der Waals surface area contributed by atoms with Crippen LogP contribution in [0, 0.1) is 0 Å². The first kappa shape index (κ1) is 13.8. The zero-order valence-electron chi connectivity index (χ0n) is 10.2. The van der Waals surface area contributed by atoms with Crippen LogP contribution in [-0.4, -0.2) is 25.2 Å². The summed E-state index contributed by atoms with van der Waals surface area (Å²) in [7, 11) is 3.12. The minimum absolute atomic E-state index is 0.258. The smallest absolute Gasteiger partial charge is 0.273 e. The van der Waals surface area contributed by atoms with Crippen molar-refractivity contribution in [3.05, 3.63) is 27.9 Å². The zero-order valence-corrected chi connectivity index (χ0v) is 12.6. The molecule has 2 N–H and O–H groups in total. The van der Waals surface area contributed by atoms with Crippen LogP contribution >= 0.6 is 28.1 Å². The van der Waals surface area contributed by atoms with Gasteiger partial charge >= 0.3 is 0 Å². The number of rotatable bonds is 3. The highest BCUT2D eigenvalue weighted by Gasteiger charge is 2.20. The number of carbonyl (C=O) groups excluding carboxylic acids is 1. The molecule has 0 saturated carbocycles. The van der Waals surface area contributed by atoms with Crippen LogP contribution < -0.4 is 20.1 Å². The molecule has 100 valence electrons. The maximum Gasteiger partial charge on any atom is 0.273 e. The van der Waals surface area contributed by atoms with Gasteiger partial charge < -0.3 is 14.8 Å². The summed E-state index contributed by atoms with van der Waals surface area (Å²) in [5.41, 5.74) is 1.16. The molecule has 0 atom stereocenters. The van der Waals surface area contributed by atoms with Gasteiger partial charge in [-0.2, -0.15) is 0 Å². The van der Waals surface area contributed by atoms with Gasteiger partial charge in [0.05, 0.1) is 14.2 Å². The summed E-state index contributed by atoms with van der Waals surface area (Å²) in [4.78, 5) is 11.6. The normalized spacial score (nSPS) is 16.3. The van der Waals surface area contributed by atoms with Crippen LogP contribution in [-0.2, 0) is 4.79 Å². The molecule has 7 heteroatoms. The second kappa shape index (κ2) is 5.58. The highest BCUT2D eigenvalue weighted by molar-refractivity contribution is 9.10. The van der Waals surface area contributed by atoms with Crippen molar-refractivity contribution in [3.63, 3.8) is 0 Å². The second-order valence-corrected chi connectivity index (χ2v) is 4.96. The lowest BCUT2D eigenvalue weighted by atomic mass is 10.1. The molecule has 1 amide bonds. The van der Waals surface area contributed by atoms with Gasteiger partial charge in [0, 0.05) is 4.47 Å². The van der Waals surface area contributed by atoms with Gasteiger partial charge in [0.25, 0.3) is 5.91 Å². The van der Waals surface area contributed by atoms with E-state index in [2.05, 4.69) is 26.6 Å². The number of hydrogen-bond donors (Lipinski definition) is 2. The van der Waals surface area contributed by atoms with Crippen LogP contribution in [0.2, 0.25) is 0 Å². The summed E-state index contributed by atoms with van der Waals surface area (Å²) >= 11 is 8.29. The van der Waals surface area contributed by atoms with E-state index in [1.54, 1.807) is 32.4 Å². The van der Waals surface area contributed by atoms with Gasteiger partial charge in [-0.3, -0.25) is 10.1 Å². The Labute approximate surface area is 124 Å². The molecule has 1 fully saturated rings. The molecule has 5 nitrogen and oxygen atoms in total. The molecule has 2 rings (SSSR count).